The summed E-state index contributed by atoms with van der Waals surface area (Å²) in [6, 6.07) is 102. The molecule has 0 aliphatic rings. The molecule has 0 radical (unpaired) electrons. The van der Waals surface area contributed by atoms with E-state index in [4.69, 9.17) is 8.83 Å². The molecule has 6 aromatic heterocycles. The van der Waals surface area contributed by atoms with Crippen LogP contribution in [0.2, 0.25) is 0 Å². The molecule has 0 saturated heterocycles. The van der Waals surface area contributed by atoms with Crippen molar-refractivity contribution in [1.29, 1.82) is 0 Å². The van der Waals surface area contributed by atoms with Crippen LogP contribution in [0.4, 0.5) is 0 Å². The Kier molecular flexibility index (Phi) is 10.2. The Balaban J connectivity index is 0.000000130. The fourth-order valence-corrected chi connectivity index (χ4v) is 13.9. The van der Waals surface area contributed by atoms with Crippen LogP contribution < -0.4 is 0 Å². The Hall–Kier alpha value is -11.3. The molecule has 0 spiro atoms. The number of aryl methyl sites for hydroxylation is 1. The van der Waals surface area contributed by atoms with E-state index in [2.05, 4.69) is 292 Å². The monoisotopic (exact) mass is 1090 g/mol. The summed E-state index contributed by atoms with van der Waals surface area (Å²) in [5.74, 6) is 0. The molecule has 85 heavy (non-hydrogen) atoms. The summed E-state index contributed by atoms with van der Waals surface area (Å²) in [7, 11) is 0. The van der Waals surface area contributed by atoms with E-state index >= 15 is 0 Å². The molecule has 19 aromatic rings. The maximum absolute atomic E-state index is 6.40. The SMILES string of the molecule is Cc1ccc2c(c1)c1cc3c(cc1n2-c1cccc(-n2c4ccccc4c4ccccc42)c1)oc1ccccc13.c1ccc(-c2ccc3c(c2)c2cc4c(cc2n3-c2cccc(-n3c5ccccc5c5ccccc53)c2)oc2ccccc24)cc1. The number of furan rings is 2. The molecule has 6 heterocycles. The number of rotatable bonds is 5. The van der Waals surface area contributed by atoms with Gasteiger partial charge in [0.2, 0.25) is 0 Å². The van der Waals surface area contributed by atoms with Gasteiger partial charge in [-0.15, -0.1) is 0 Å². The Bertz CT molecular complexity index is 5830. The maximum atomic E-state index is 6.40. The summed E-state index contributed by atoms with van der Waals surface area (Å²) < 4.78 is 22.3. The van der Waals surface area contributed by atoms with E-state index in [9.17, 15) is 0 Å². The van der Waals surface area contributed by atoms with Crippen LogP contribution in [0.15, 0.2) is 294 Å². The first kappa shape index (κ1) is 47.3. The van der Waals surface area contributed by atoms with Crippen molar-refractivity contribution in [1.82, 2.24) is 18.3 Å². The van der Waals surface area contributed by atoms with E-state index in [-0.39, 0.29) is 0 Å². The summed E-state index contributed by atoms with van der Waals surface area (Å²) in [6.45, 7) is 2.16. The number of aromatic nitrogens is 4. The van der Waals surface area contributed by atoms with Gasteiger partial charge in [-0.05, 0) is 127 Å². The Labute approximate surface area is 487 Å². The van der Waals surface area contributed by atoms with Gasteiger partial charge in [0.25, 0.3) is 0 Å². The predicted molar refractivity (Wildman–Crippen MR) is 355 cm³/mol. The van der Waals surface area contributed by atoms with Gasteiger partial charge in [0.1, 0.15) is 22.3 Å². The lowest BCUT2D eigenvalue weighted by atomic mass is 10.0. The van der Waals surface area contributed by atoms with Crippen molar-refractivity contribution in [2.45, 2.75) is 6.92 Å². The van der Waals surface area contributed by atoms with Crippen LogP contribution >= 0.6 is 0 Å². The lowest BCUT2D eigenvalue weighted by molar-refractivity contribution is 0.669. The molecule has 0 aliphatic carbocycles. The van der Waals surface area contributed by atoms with Crippen LogP contribution in [0.5, 0.6) is 0 Å². The van der Waals surface area contributed by atoms with Crippen LogP contribution in [-0.2, 0) is 0 Å². The summed E-state index contributed by atoms with van der Waals surface area (Å²) in [6.07, 6.45) is 0. The van der Waals surface area contributed by atoms with E-state index < -0.39 is 0 Å². The molecule has 0 N–H and O–H groups in total. The number of hydrogen-bond acceptors (Lipinski definition) is 2. The summed E-state index contributed by atoms with van der Waals surface area (Å²) in [5, 5.41) is 14.6. The first-order chi connectivity index (χ1) is 42.1. The minimum absolute atomic E-state index is 0.898. The highest BCUT2D eigenvalue weighted by atomic mass is 16.3. The minimum Gasteiger partial charge on any atom is -0.456 e. The Morgan fingerprint density at radius 3 is 1.01 bits per heavy atom. The standard InChI is InChI=1S/C42H26N2O.C37H24N2O/c1-2-11-27(12-3-1)28-21-22-39-34(23-28)35-25-36-33-17-6-9-20-41(33)45-42(36)26-40(35)44(39)30-14-10-13-29(24-30)43-37-18-7-4-15-31(37)32-16-5-8-19-38(32)43;1-23-17-18-34-29(19-23)30-21-31-28-13-4-7-16-36(28)40-37(31)22-35(30)39(34)25-10-8-9-24(20-25)38-32-14-5-2-11-26(32)27-12-3-6-15-33(27)38/h1-26H;2-22H,1H3. The first-order valence-corrected chi connectivity index (χ1v) is 29.1. The second-order valence-corrected chi connectivity index (χ2v) is 22.5. The molecule has 0 unspecified atom stereocenters. The molecule has 6 heteroatoms. The molecular weight excluding hydrogens is 1040 g/mol. The molecule has 13 aromatic carbocycles. The zero-order valence-corrected chi connectivity index (χ0v) is 46.2. The van der Waals surface area contributed by atoms with Gasteiger partial charge in [-0.1, -0.05) is 169 Å². The van der Waals surface area contributed by atoms with E-state index in [1.807, 2.05) is 18.2 Å². The van der Waals surface area contributed by atoms with E-state index in [0.717, 1.165) is 77.7 Å². The lowest BCUT2D eigenvalue weighted by Crippen LogP contribution is -1.98. The van der Waals surface area contributed by atoms with Crippen molar-refractivity contribution in [2.24, 2.45) is 0 Å². The molecule has 0 bridgehead atoms. The number of hydrogen-bond donors (Lipinski definition) is 0. The summed E-state index contributed by atoms with van der Waals surface area (Å²) in [4.78, 5) is 0. The van der Waals surface area contributed by atoms with Crippen LogP contribution in [0.25, 0.3) is 165 Å². The van der Waals surface area contributed by atoms with E-state index in [1.165, 1.54) is 92.9 Å². The number of benzene rings is 13. The quantitative estimate of drug-likeness (QED) is 0.172. The summed E-state index contributed by atoms with van der Waals surface area (Å²) in [5.41, 5.74) is 21.3. The number of para-hydroxylation sites is 6. The normalized spacial score (nSPS) is 12.1. The first-order valence-electron chi connectivity index (χ1n) is 29.1. The number of nitrogens with zero attached hydrogens (tertiary/aromatic N) is 4. The van der Waals surface area contributed by atoms with Gasteiger partial charge < -0.3 is 27.1 Å². The van der Waals surface area contributed by atoms with Crippen LogP contribution in [-0.4, -0.2) is 18.3 Å². The third kappa shape index (κ3) is 7.19. The highest BCUT2D eigenvalue weighted by molar-refractivity contribution is 6.20. The van der Waals surface area contributed by atoms with Gasteiger partial charge in [-0.3, -0.25) is 0 Å². The molecule has 0 saturated carbocycles. The van der Waals surface area contributed by atoms with Crippen molar-refractivity contribution in [3.63, 3.8) is 0 Å². The maximum Gasteiger partial charge on any atom is 0.137 e. The second-order valence-electron chi connectivity index (χ2n) is 22.5. The summed E-state index contributed by atoms with van der Waals surface area (Å²) >= 11 is 0. The van der Waals surface area contributed by atoms with E-state index in [1.54, 1.807) is 0 Å². The van der Waals surface area contributed by atoms with Gasteiger partial charge in [-0.25, -0.2) is 0 Å². The molecule has 19 rings (SSSR count). The minimum atomic E-state index is 0.898. The van der Waals surface area contributed by atoms with Gasteiger partial charge in [-0.2, -0.15) is 0 Å². The molecule has 6 nitrogen and oxygen atoms in total. The van der Waals surface area contributed by atoms with Crippen molar-refractivity contribution < 1.29 is 8.83 Å². The van der Waals surface area contributed by atoms with Crippen LogP contribution in [0, 0.1) is 6.92 Å². The fraction of sp³-hybridized carbons (Fsp3) is 0.0127. The van der Waals surface area contributed by atoms with Crippen LogP contribution in [0.3, 0.4) is 0 Å². The topological polar surface area (TPSA) is 46.0 Å². The van der Waals surface area contributed by atoms with Crippen molar-refractivity contribution in [3.05, 3.63) is 291 Å². The molecule has 0 fully saturated rings. The zero-order valence-electron chi connectivity index (χ0n) is 46.2. The zero-order chi connectivity index (χ0) is 55.9. The number of fused-ring (bicyclic) bond motifs is 18. The molecule has 0 atom stereocenters. The van der Waals surface area contributed by atoms with Crippen molar-refractivity contribution in [2.75, 3.05) is 0 Å². The van der Waals surface area contributed by atoms with Gasteiger partial charge in [0.15, 0.2) is 0 Å². The molecular formula is C79H50N4O2. The van der Waals surface area contributed by atoms with Crippen LogP contribution in [0.1, 0.15) is 5.56 Å². The Morgan fingerprint density at radius 1 is 0.200 bits per heavy atom. The van der Waals surface area contributed by atoms with Crippen molar-refractivity contribution in [3.8, 4) is 33.9 Å². The average Bonchev–Trinajstić information content (AvgIpc) is 3.83. The van der Waals surface area contributed by atoms with Gasteiger partial charge in [0, 0.05) is 99.5 Å². The third-order valence-electron chi connectivity index (χ3n) is 17.6. The van der Waals surface area contributed by atoms with Gasteiger partial charge >= 0.3 is 0 Å². The lowest BCUT2D eigenvalue weighted by Gasteiger charge is -2.13. The van der Waals surface area contributed by atoms with Crippen molar-refractivity contribution >= 4 is 131 Å². The average molecular weight is 1090 g/mol. The third-order valence-corrected chi connectivity index (χ3v) is 17.6. The van der Waals surface area contributed by atoms with E-state index in [0.29, 0.717) is 0 Å². The molecule has 0 amide bonds. The Morgan fingerprint density at radius 2 is 0.553 bits per heavy atom. The highest BCUT2D eigenvalue weighted by Gasteiger charge is 2.21. The predicted octanol–water partition coefficient (Wildman–Crippen LogP) is 21.5. The fourth-order valence-electron chi connectivity index (χ4n) is 13.9. The highest BCUT2D eigenvalue weighted by Crippen LogP contribution is 2.43. The largest absolute Gasteiger partial charge is 0.456 e. The smallest absolute Gasteiger partial charge is 0.137 e. The molecule has 398 valence electrons. The molecule has 0 aliphatic heterocycles. The second kappa shape index (κ2) is 18.3. The van der Waals surface area contributed by atoms with Gasteiger partial charge in [0.05, 0.1) is 44.1 Å².